The van der Waals surface area contributed by atoms with Crippen LogP contribution in [0.3, 0.4) is 0 Å². The second kappa shape index (κ2) is 10.4. The number of aryl methyl sites for hydroxylation is 1. The lowest BCUT2D eigenvalue weighted by molar-refractivity contribution is 0.355. The molecular weight excluding hydrogens is 574 g/mol. The van der Waals surface area contributed by atoms with E-state index in [9.17, 15) is 13.7 Å². The molecule has 0 aliphatic heterocycles. The molecule has 0 aliphatic carbocycles. The van der Waals surface area contributed by atoms with E-state index in [-0.39, 0.29) is 16.2 Å². The molecule has 33 heavy (non-hydrogen) atoms. The van der Waals surface area contributed by atoms with Gasteiger partial charge in [0.05, 0.1) is 30.3 Å². The first-order chi connectivity index (χ1) is 15.7. The number of rotatable bonds is 7. The quantitative estimate of drug-likeness (QED) is 0.180. The lowest BCUT2D eigenvalue weighted by atomic mass is 10.0. The van der Waals surface area contributed by atoms with Crippen molar-refractivity contribution in [2.24, 2.45) is 0 Å². The second-order valence-corrected chi connectivity index (χ2v) is 10.2. The highest BCUT2D eigenvalue weighted by Crippen LogP contribution is 2.38. The highest BCUT2D eigenvalue weighted by atomic mass is 79.9. The van der Waals surface area contributed by atoms with Crippen LogP contribution < -0.4 is 13.7 Å². The maximum Gasteiger partial charge on any atom is 0.339 e. The van der Waals surface area contributed by atoms with Crippen LogP contribution in [0.15, 0.2) is 68.4 Å². The summed E-state index contributed by atoms with van der Waals surface area (Å²) in [6, 6.07) is 16.9. The summed E-state index contributed by atoms with van der Waals surface area (Å²) in [7, 11) is -1.08. The van der Waals surface area contributed by atoms with E-state index >= 15 is 0 Å². The second-order valence-electron chi connectivity index (χ2n) is 6.90. The third kappa shape index (κ3) is 5.77. The summed E-state index contributed by atoms with van der Waals surface area (Å²) in [5, 5.41) is 9.82. The molecule has 6 nitrogen and oxygen atoms in total. The molecule has 0 saturated heterocycles. The molecule has 0 aliphatic rings. The fraction of sp³-hybridized carbons (Fsp3) is 0.125. The Hall–Kier alpha value is -2.80. The smallest absolute Gasteiger partial charge is 0.339 e. The molecule has 0 N–H and O–H groups in total. The minimum absolute atomic E-state index is 0.0262. The van der Waals surface area contributed by atoms with Gasteiger partial charge < -0.3 is 13.7 Å². The molecule has 0 atom stereocenters. The van der Waals surface area contributed by atoms with Crippen molar-refractivity contribution in [2.45, 2.75) is 11.8 Å². The first kappa shape index (κ1) is 24.8. The van der Waals surface area contributed by atoms with Gasteiger partial charge in [-0.1, -0.05) is 33.6 Å². The normalized spacial score (nSPS) is 11.6. The van der Waals surface area contributed by atoms with E-state index in [4.69, 9.17) is 13.7 Å². The topological polar surface area (TPSA) is 85.6 Å². The van der Waals surface area contributed by atoms with Crippen molar-refractivity contribution >= 4 is 53.6 Å². The lowest BCUT2D eigenvalue weighted by Crippen LogP contribution is -2.11. The van der Waals surface area contributed by atoms with Crippen LogP contribution in [-0.4, -0.2) is 22.6 Å². The largest absolute Gasteiger partial charge is 0.493 e. The number of nitriles is 1. The van der Waals surface area contributed by atoms with Gasteiger partial charge >= 0.3 is 10.1 Å². The highest BCUT2D eigenvalue weighted by molar-refractivity contribution is 9.11. The monoisotopic (exact) mass is 591 g/mol. The summed E-state index contributed by atoms with van der Waals surface area (Å²) < 4.78 is 43.0. The zero-order valence-corrected chi connectivity index (χ0v) is 21.9. The van der Waals surface area contributed by atoms with Gasteiger partial charge in [-0.25, -0.2) is 0 Å². The van der Waals surface area contributed by atoms with Gasteiger partial charge in [0, 0.05) is 10.0 Å². The molecule has 0 unspecified atom stereocenters. The van der Waals surface area contributed by atoms with Gasteiger partial charge in [-0.2, -0.15) is 13.7 Å². The summed E-state index contributed by atoms with van der Waals surface area (Å²) in [6.45, 7) is 1.86. The van der Waals surface area contributed by atoms with E-state index in [1.165, 1.54) is 26.4 Å². The molecule has 0 spiro atoms. The Morgan fingerprint density at radius 2 is 1.64 bits per heavy atom. The Labute approximate surface area is 209 Å². The zero-order chi connectivity index (χ0) is 24.2. The molecule has 170 valence electrons. The Bertz CT molecular complexity index is 1360. The third-order valence-corrected chi connectivity index (χ3v) is 6.94. The molecule has 0 aromatic heterocycles. The lowest BCUT2D eigenvalue weighted by Gasteiger charge is -2.13. The minimum Gasteiger partial charge on any atom is -0.493 e. The molecule has 0 radical (unpaired) electrons. The van der Waals surface area contributed by atoms with Crippen LogP contribution in [-0.2, 0) is 10.1 Å². The van der Waals surface area contributed by atoms with E-state index in [1.807, 2.05) is 6.92 Å². The molecule has 0 amide bonds. The third-order valence-electron chi connectivity index (χ3n) is 4.65. The molecule has 0 saturated carbocycles. The van der Waals surface area contributed by atoms with Crippen molar-refractivity contribution in [3.63, 3.8) is 0 Å². The fourth-order valence-corrected chi connectivity index (χ4v) is 5.39. The van der Waals surface area contributed by atoms with Crippen LogP contribution in [0.5, 0.6) is 17.2 Å². The number of methoxy groups -OCH3 is 2. The van der Waals surface area contributed by atoms with Crippen LogP contribution in [0.25, 0.3) is 11.6 Å². The molecule has 9 heteroatoms. The summed E-state index contributed by atoms with van der Waals surface area (Å²) in [5.74, 6) is 1.05. The van der Waals surface area contributed by atoms with Gasteiger partial charge in [0.25, 0.3) is 0 Å². The van der Waals surface area contributed by atoms with Crippen LogP contribution in [0.2, 0.25) is 0 Å². The standard InChI is InChI=1S/C24H19Br2NO5S/c1-15-4-7-20(8-5-15)33(28,29)32-24-17(11-19(25)13-21(24)26)10-18(14-27)16-6-9-22(30-2)23(12-16)31-3/h4-13H,1-3H3/b18-10+. The molecule has 3 rings (SSSR count). The van der Waals surface area contributed by atoms with Gasteiger partial charge in [-0.15, -0.1) is 0 Å². The van der Waals surface area contributed by atoms with Crippen molar-refractivity contribution in [3.8, 4) is 23.3 Å². The predicted octanol–water partition coefficient (Wildman–Crippen LogP) is 6.37. The summed E-state index contributed by atoms with van der Waals surface area (Å²) >= 11 is 6.78. The average molecular weight is 593 g/mol. The Balaban J connectivity index is 2.11. The molecule has 3 aromatic carbocycles. The fourth-order valence-electron chi connectivity index (χ4n) is 2.98. The van der Waals surface area contributed by atoms with Crippen molar-refractivity contribution in [3.05, 3.63) is 80.2 Å². The van der Waals surface area contributed by atoms with Gasteiger partial charge in [-0.05, 0) is 77.0 Å². The van der Waals surface area contributed by atoms with Gasteiger partial charge in [0.1, 0.15) is 4.90 Å². The molecule has 3 aromatic rings. The minimum atomic E-state index is -4.11. The van der Waals surface area contributed by atoms with Crippen molar-refractivity contribution < 1.29 is 22.1 Å². The van der Waals surface area contributed by atoms with E-state index in [0.29, 0.717) is 31.6 Å². The number of hydrogen-bond donors (Lipinski definition) is 0. The highest BCUT2D eigenvalue weighted by Gasteiger charge is 2.21. The van der Waals surface area contributed by atoms with Crippen LogP contribution >= 0.6 is 31.9 Å². The molecule has 0 fully saturated rings. The maximum atomic E-state index is 12.9. The van der Waals surface area contributed by atoms with Gasteiger partial charge in [0.2, 0.25) is 0 Å². The first-order valence-corrected chi connectivity index (χ1v) is 12.5. The Morgan fingerprint density at radius 1 is 0.970 bits per heavy atom. The number of allylic oxidation sites excluding steroid dienone is 1. The van der Waals surface area contributed by atoms with Crippen molar-refractivity contribution in [1.82, 2.24) is 0 Å². The molecular formula is C24H19Br2NO5S. The van der Waals surface area contributed by atoms with Gasteiger partial charge in [-0.3, -0.25) is 0 Å². The maximum absolute atomic E-state index is 12.9. The van der Waals surface area contributed by atoms with Crippen LogP contribution in [0.4, 0.5) is 0 Å². The zero-order valence-electron chi connectivity index (χ0n) is 17.9. The molecule has 0 heterocycles. The van der Waals surface area contributed by atoms with E-state index in [1.54, 1.807) is 48.5 Å². The van der Waals surface area contributed by atoms with E-state index < -0.39 is 10.1 Å². The predicted molar refractivity (Wildman–Crippen MR) is 134 cm³/mol. The Kier molecular flexibility index (Phi) is 7.84. The summed E-state index contributed by atoms with van der Waals surface area (Å²) in [4.78, 5) is 0.0262. The first-order valence-electron chi connectivity index (χ1n) is 9.53. The number of benzene rings is 3. The number of ether oxygens (including phenoxy) is 2. The molecule has 0 bridgehead atoms. The Morgan fingerprint density at radius 3 is 2.24 bits per heavy atom. The number of hydrogen-bond acceptors (Lipinski definition) is 6. The van der Waals surface area contributed by atoms with Crippen LogP contribution in [0.1, 0.15) is 16.7 Å². The summed E-state index contributed by atoms with van der Waals surface area (Å²) in [6.07, 6.45) is 1.55. The average Bonchev–Trinajstić information content (AvgIpc) is 2.79. The number of halogens is 2. The van der Waals surface area contributed by atoms with Crippen molar-refractivity contribution in [1.29, 1.82) is 5.26 Å². The van der Waals surface area contributed by atoms with Crippen LogP contribution in [0, 0.1) is 18.3 Å². The van der Waals surface area contributed by atoms with Crippen molar-refractivity contribution in [2.75, 3.05) is 14.2 Å². The van der Waals surface area contributed by atoms with E-state index in [2.05, 4.69) is 37.9 Å². The SMILES string of the molecule is COc1ccc(/C(C#N)=C/c2cc(Br)cc(Br)c2OS(=O)(=O)c2ccc(C)cc2)cc1OC. The summed E-state index contributed by atoms with van der Waals surface area (Å²) in [5.41, 5.74) is 2.16. The van der Waals surface area contributed by atoms with Gasteiger partial charge in [0.15, 0.2) is 17.2 Å². The number of nitrogens with zero attached hydrogens (tertiary/aromatic N) is 1. The van der Waals surface area contributed by atoms with E-state index in [0.717, 1.165) is 5.56 Å².